The Morgan fingerprint density at radius 2 is 1.72 bits per heavy atom. The van der Waals surface area contributed by atoms with Crippen molar-refractivity contribution in [2.45, 2.75) is 27.3 Å². The van der Waals surface area contributed by atoms with E-state index in [0.717, 1.165) is 11.3 Å². The van der Waals surface area contributed by atoms with Gasteiger partial charge in [-0.05, 0) is 24.1 Å². The van der Waals surface area contributed by atoms with E-state index < -0.39 is 12.0 Å². The number of ether oxygens (including phenoxy) is 2. The molecule has 5 heteroatoms. The van der Waals surface area contributed by atoms with Gasteiger partial charge < -0.3 is 15.2 Å². The zero-order chi connectivity index (χ0) is 11.3. The summed E-state index contributed by atoms with van der Waals surface area (Å²) in [4.78, 5) is 11.1. The summed E-state index contributed by atoms with van der Waals surface area (Å²) >= 11 is 0. The van der Waals surface area contributed by atoms with Crippen LogP contribution in [0.5, 0.6) is 5.75 Å². The fourth-order valence-electron chi connectivity index (χ4n) is 1.25. The standard InChI is InChI=1S/C11H15NO3.2CH4.ClH/c1-14-9-5-3-8(4-6-9)7-10(12)11(13)15-2;;;/h3-6,10H,7,12H2,1-2H3;2*1H4;1H/t10-;;;/m1.../s1. The maximum Gasteiger partial charge on any atom is 0.322 e. The maximum atomic E-state index is 11.1. The van der Waals surface area contributed by atoms with Gasteiger partial charge in [0.05, 0.1) is 14.2 Å². The van der Waals surface area contributed by atoms with E-state index in [0.29, 0.717) is 6.42 Å². The third kappa shape index (κ3) is 6.47. The molecule has 0 heterocycles. The summed E-state index contributed by atoms with van der Waals surface area (Å²) in [7, 11) is 2.94. The Kier molecular flexibility index (Phi) is 13.3. The number of carbonyl (C=O) groups is 1. The van der Waals surface area contributed by atoms with E-state index >= 15 is 0 Å². The van der Waals surface area contributed by atoms with Crippen molar-refractivity contribution in [3.63, 3.8) is 0 Å². The molecule has 1 aromatic rings. The number of methoxy groups -OCH3 is 2. The molecule has 0 aliphatic carbocycles. The lowest BCUT2D eigenvalue weighted by molar-refractivity contribution is -0.142. The molecule has 0 fully saturated rings. The Hall–Kier alpha value is -1.26. The summed E-state index contributed by atoms with van der Waals surface area (Å²) < 4.78 is 9.56. The molecule has 106 valence electrons. The number of carbonyl (C=O) groups excluding carboxylic acids is 1. The van der Waals surface area contributed by atoms with Gasteiger partial charge in [0.1, 0.15) is 11.8 Å². The van der Waals surface area contributed by atoms with Gasteiger partial charge in [-0.3, -0.25) is 4.79 Å². The van der Waals surface area contributed by atoms with E-state index in [9.17, 15) is 4.79 Å². The summed E-state index contributed by atoms with van der Waals surface area (Å²) in [5, 5.41) is 0. The van der Waals surface area contributed by atoms with Crippen molar-refractivity contribution < 1.29 is 14.3 Å². The Labute approximate surface area is 116 Å². The topological polar surface area (TPSA) is 61.5 Å². The molecule has 0 spiro atoms. The summed E-state index contributed by atoms with van der Waals surface area (Å²) in [5.74, 6) is 0.385. The van der Waals surface area contributed by atoms with Gasteiger partial charge in [0, 0.05) is 0 Å². The maximum absolute atomic E-state index is 11.1. The van der Waals surface area contributed by atoms with Crippen molar-refractivity contribution in [2.24, 2.45) is 5.73 Å². The van der Waals surface area contributed by atoms with Crippen molar-refractivity contribution >= 4 is 18.4 Å². The van der Waals surface area contributed by atoms with Gasteiger partial charge in [0.2, 0.25) is 0 Å². The molecule has 1 aromatic carbocycles. The van der Waals surface area contributed by atoms with Crippen molar-refractivity contribution in [1.82, 2.24) is 0 Å². The van der Waals surface area contributed by atoms with E-state index in [4.69, 9.17) is 10.5 Å². The lowest BCUT2D eigenvalue weighted by atomic mass is 10.1. The van der Waals surface area contributed by atoms with Crippen LogP contribution in [0.3, 0.4) is 0 Å². The normalized spacial score (nSPS) is 9.94. The first-order valence-corrected chi connectivity index (χ1v) is 4.63. The zero-order valence-electron chi connectivity index (χ0n) is 9.30. The summed E-state index contributed by atoms with van der Waals surface area (Å²) in [6, 6.07) is 6.81. The number of rotatable bonds is 4. The third-order valence-electron chi connectivity index (χ3n) is 2.12. The van der Waals surface area contributed by atoms with E-state index in [1.54, 1.807) is 7.11 Å². The summed E-state index contributed by atoms with van der Waals surface area (Å²) in [6.07, 6.45) is 0.469. The quantitative estimate of drug-likeness (QED) is 0.859. The van der Waals surface area contributed by atoms with Crippen molar-refractivity contribution in [1.29, 1.82) is 0 Å². The van der Waals surface area contributed by atoms with Crippen LogP contribution in [-0.4, -0.2) is 26.2 Å². The molecular formula is C13H24ClNO3. The highest BCUT2D eigenvalue weighted by atomic mass is 35.5. The predicted molar refractivity (Wildman–Crippen MR) is 77.4 cm³/mol. The van der Waals surface area contributed by atoms with Crippen LogP contribution in [0.25, 0.3) is 0 Å². The Bertz CT molecular complexity index is 328. The number of hydrogen-bond acceptors (Lipinski definition) is 4. The molecule has 0 amide bonds. The average Bonchev–Trinajstić information content (AvgIpc) is 2.29. The molecule has 0 aliphatic heterocycles. The second-order valence-electron chi connectivity index (χ2n) is 3.18. The zero-order valence-corrected chi connectivity index (χ0v) is 10.1. The first-order valence-electron chi connectivity index (χ1n) is 4.63. The number of hydrogen-bond donors (Lipinski definition) is 1. The molecule has 2 N–H and O–H groups in total. The van der Waals surface area contributed by atoms with Crippen LogP contribution in [0.1, 0.15) is 20.4 Å². The van der Waals surface area contributed by atoms with Crippen LogP contribution in [0.2, 0.25) is 0 Å². The van der Waals surface area contributed by atoms with Gasteiger partial charge in [-0.15, -0.1) is 12.4 Å². The fourth-order valence-corrected chi connectivity index (χ4v) is 1.25. The molecule has 1 rings (SSSR count). The van der Waals surface area contributed by atoms with Gasteiger partial charge in [0.25, 0.3) is 0 Å². The van der Waals surface area contributed by atoms with Crippen LogP contribution < -0.4 is 10.5 Å². The van der Waals surface area contributed by atoms with E-state index in [1.165, 1.54) is 7.11 Å². The van der Waals surface area contributed by atoms with Crippen molar-refractivity contribution in [2.75, 3.05) is 14.2 Å². The van der Waals surface area contributed by atoms with Crippen LogP contribution in [0, 0.1) is 0 Å². The van der Waals surface area contributed by atoms with Crippen LogP contribution in [0.4, 0.5) is 0 Å². The average molecular weight is 278 g/mol. The number of halogens is 1. The molecule has 0 saturated carbocycles. The monoisotopic (exact) mass is 277 g/mol. The highest BCUT2D eigenvalue weighted by molar-refractivity contribution is 5.85. The molecule has 0 radical (unpaired) electrons. The van der Waals surface area contributed by atoms with Crippen LogP contribution in [-0.2, 0) is 16.0 Å². The van der Waals surface area contributed by atoms with Gasteiger partial charge in [-0.1, -0.05) is 27.0 Å². The number of nitrogens with two attached hydrogens (primary N) is 1. The molecule has 0 saturated heterocycles. The van der Waals surface area contributed by atoms with E-state index in [-0.39, 0.29) is 27.3 Å². The second kappa shape index (κ2) is 10.9. The second-order valence-corrected chi connectivity index (χ2v) is 3.18. The Morgan fingerprint density at radius 1 is 1.22 bits per heavy atom. The predicted octanol–water partition coefficient (Wildman–Crippen LogP) is 2.43. The molecule has 0 aromatic heterocycles. The smallest absolute Gasteiger partial charge is 0.322 e. The molecule has 0 unspecified atom stereocenters. The molecule has 1 atom stereocenters. The Balaban J connectivity index is -0.000000750. The Morgan fingerprint density at radius 3 is 2.11 bits per heavy atom. The van der Waals surface area contributed by atoms with Gasteiger partial charge in [-0.2, -0.15) is 0 Å². The largest absolute Gasteiger partial charge is 0.497 e. The molecule has 0 bridgehead atoms. The minimum absolute atomic E-state index is 0. The third-order valence-corrected chi connectivity index (χ3v) is 2.12. The number of esters is 1. The lowest BCUT2D eigenvalue weighted by Crippen LogP contribution is -2.33. The molecule has 18 heavy (non-hydrogen) atoms. The summed E-state index contributed by atoms with van der Waals surface area (Å²) in [6.45, 7) is 0. The van der Waals surface area contributed by atoms with Gasteiger partial charge in [-0.25, -0.2) is 0 Å². The van der Waals surface area contributed by atoms with Crippen molar-refractivity contribution in [3.8, 4) is 5.75 Å². The fraction of sp³-hybridized carbons (Fsp3) is 0.462. The lowest BCUT2D eigenvalue weighted by Gasteiger charge is -2.09. The summed E-state index contributed by atoms with van der Waals surface area (Å²) in [5.41, 5.74) is 6.60. The first-order chi connectivity index (χ1) is 7.17. The van der Waals surface area contributed by atoms with Crippen LogP contribution in [0.15, 0.2) is 24.3 Å². The minimum atomic E-state index is -0.608. The number of benzene rings is 1. The van der Waals surface area contributed by atoms with Gasteiger partial charge >= 0.3 is 5.97 Å². The van der Waals surface area contributed by atoms with Gasteiger partial charge in [0.15, 0.2) is 0 Å². The van der Waals surface area contributed by atoms with Crippen LogP contribution >= 0.6 is 12.4 Å². The molecular weight excluding hydrogens is 254 g/mol. The molecule has 0 aliphatic rings. The highest BCUT2D eigenvalue weighted by Gasteiger charge is 2.13. The van der Waals surface area contributed by atoms with E-state index in [1.807, 2.05) is 24.3 Å². The molecule has 4 nitrogen and oxygen atoms in total. The minimum Gasteiger partial charge on any atom is -0.497 e. The first kappa shape index (κ1) is 22.0. The van der Waals surface area contributed by atoms with E-state index in [2.05, 4.69) is 4.74 Å². The van der Waals surface area contributed by atoms with Crippen molar-refractivity contribution in [3.05, 3.63) is 29.8 Å². The SMILES string of the molecule is C.C.COC(=O)[C@H](N)Cc1ccc(OC)cc1.Cl. The highest BCUT2D eigenvalue weighted by Crippen LogP contribution is 2.12.